The zero-order valence-corrected chi connectivity index (χ0v) is 7.88. The Bertz CT molecular complexity index is 354. The highest BCUT2D eigenvalue weighted by atomic mass is 16.3. The monoisotopic (exact) mass is 174 g/mol. The fourth-order valence-corrected chi connectivity index (χ4v) is 1.98. The van der Waals surface area contributed by atoms with Crippen molar-refractivity contribution in [3.63, 3.8) is 0 Å². The molecule has 0 heterocycles. The predicted octanol–water partition coefficient (Wildman–Crippen LogP) is 2.31. The summed E-state index contributed by atoms with van der Waals surface area (Å²) in [6, 6.07) is 6.25. The van der Waals surface area contributed by atoms with Crippen LogP contribution >= 0.6 is 0 Å². The van der Waals surface area contributed by atoms with Gasteiger partial charge in [-0.3, -0.25) is 0 Å². The van der Waals surface area contributed by atoms with E-state index in [1.807, 2.05) is 6.92 Å². The fourth-order valence-electron chi connectivity index (χ4n) is 1.98. The van der Waals surface area contributed by atoms with Crippen LogP contribution in [0.3, 0.4) is 0 Å². The molecule has 0 aliphatic heterocycles. The molecule has 1 unspecified atom stereocenters. The molecule has 0 bridgehead atoms. The molecule has 0 saturated carbocycles. The highest BCUT2D eigenvalue weighted by Gasteiger charge is 2.33. The number of aliphatic hydroxyl groups is 1. The van der Waals surface area contributed by atoms with Gasteiger partial charge in [-0.1, -0.05) is 36.4 Å². The van der Waals surface area contributed by atoms with Gasteiger partial charge in [0.25, 0.3) is 0 Å². The zero-order chi connectivity index (χ0) is 9.47. The number of hydrogen-bond acceptors (Lipinski definition) is 1. The van der Waals surface area contributed by atoms with Gasteiger partial charge in [-0.15, -0.1) is 0 Å². The van der Waals surface area contributed by atoms with Gasteiger partial charge < -0.3 is 5.11 Å². The Labute approximate surface area is 78.7 Å². The topological polar surface area (TPSA) is 20.2 Å². The highest BCUT2D eigenvalue weighted by Crippen LogP contribution is 2.37. The molecule has 1 aliphatic rings. The molecule has 1 N–H and O–H groups in total. The first-order chi connectivity index (χ1) is 6.15. The maximum absolute atomic E-state index is 10.2. The molecule has 68 valence electrons. The van der Waals surface area contributed by atoms with E-state index in [4.69, 9.17) is 0 Å². The predicted molar refractivity (Wildman–Crippen MR) is 53.6 cm³/mol. The van der Waals surface area contributed by atoms with Gasteiger partial charge in [0.2, 0.25) is 0 Å². The molecule has 0 spiro atoms. The van der Waals surface area contributed by atoms with E-state index in [2.05, 4.69) is 24.8 Å². The Morgan fingerprint density at radius 1 is 1.54 bits per heavy atom. The van der Waals surface area contributed by atoms with Crippen molar-refractivity contribution in [1.29, 1.82) is 0 Å². The Morgan fingerprint density at radius 2 is 2.31 bits per heavy atom. The van der Waals surface area contributed by atoms with Crippen molar-refractivity contribution in [3.05, 3.63) is 47.5 Å². The van der Waals surface area contributed by atoms with Gasteiger partial charge in [0.1, 0.15) is 5.60 Å². The van der Waals surface area contributed by atoms with Crippen molar-refractivity contribution in [2.45, 2.75) is 25.4 Å². The average molecular weight is 174 g/mol. The first-order valence-corrected chi connectivity index (χ1v) is 4.62. The molecule has 0 amide bonds. The smallest absolute Gasteiger partial charge is 0.108 e. The summed E-state index contributed by atoms with van der Waals surface area (Å²) in [6.07, 6.45) is 3.38. The van der Waals surface area contributed by atoms with Crippen LogP contribution in [0.15, 0.2) is 30.9 Å². The van der Waals surface area contributed by atoms with Gasteiger partial charge in [0, 0.05) is 0 Å². The summed E-state index contributed by atoms with van der Waals surface area (Å²) in [7, 11) is 0. The van der Waals surface area contributed by atoms with E-state index in [0.29, 0.717) is 0 Å². The van der Waals surface area contributed by atoms with Gasteiger partial charge in [-0.05, 0) is 30.9 Å². The molecule has 0 saturated heterocycles. The lowest BCUT2D eigenvalue weighted by Crippen LogP contribution is -2.18. The Morgan fingerprint density at radius 3 is 3.00 bits per heavy atom. The van der Waals surface area contributed by atoms with Crippen LogP contribution in [0.1, 0.15) is 23.1 Å². The van der Waals surface area contributed by atoms with E-state index in [1.165, 1.54) is 11.1 Å². The SMILES string of the molecule is C=CC1(O)CCc2ccc(C)cc21. The minimum atomic E-state index is -0.776. The van der Waals surface area contributed by atoms with Crippen LogP contribution in [0, 0.1) is 6.92 Å². The lowest BCUT2D eigenvalue weighted by Gasteiger charge is -2.19. The van der Waals surface area contributed by atoms with E-state index in [-0.39, 0.29) is 0 Å². The number of aryl methyl sites for hydroxylation is 2. The summed E-state index contributed by atoms with van der Waals surface area (Å²) >= 11 is 0. The molecule has 13 heavy (non-hydrogen) atoms. The van der Waals surface area contributed by atoms with E-state index in [9.17, 15) is 5.11 Å². The summed E-state index contributed by atoms with van der Waals surface area (Å²) in [5.41, 5.74) is 2.72. The van der Waals surface area contributed by atoms with E-state index in [1.54, 1.807) is 6.08 Å². The minimum absolute atomic E-state index is 0.773. The normalized spacial score (nSPS) is 25.7. The second-order valence-electron chi connectivity index (χ2n) is 3.79. The minimum Gasteiger partial charge on any atom is -0.381 e. The summed E-state index contributed by atoms with van der Waals surface area (Å²) in [4.78, 5) is 0. The first kappa shape index (κ1) is 8.52. The second-order valence-corrected chi connectivity index (χ2v) is 3.79. The van der Waals surface area contributed by atoms with Crippen molar-refractivity contribution < 1.29 is 5.11 Å². The molecule has 0 fully saturated rings. The van der Waals surface area contributed by atoms with Crippen LogP contribution in [0.2, 0.25) is 0 Å². The number of benzene rings is 1. The standard InChI is InChI=1S/C12H14O/c1-3-12(13)7-6-10-5-4-9(2)8-11(10)12/h3-5,8,13H,1,6-7H2,2H3. The number of rotatable bonds is 1. The van der Waals surface area contributed by atoms with Crippen molar-refractivity contribution in [1.82, 2.24) is 0 Å². The van der Waals surface area contributed by atoms with Gasteiger partial charge in [0.05, 0.1) is 0 Å². The molecule has 1 aromatic carbocycles. The molecular formula is C12H14O. The third-order valence-electron chi connectivity index (χ3n) is 2.84. The average Bonchev–Trinajstić information content (AvgIpc) is 2.45. The zero-order valence-electron chi connectivity index (χ0n) is 7.88. The Hall–Kier alpha value is -1.08. The molecule has 2 rings (SSSR count). The van der Waals surface area contributed by atoms with E-state index < -0.39 is 5.60 Å². The second kappa shape index (κ2) is 2.71. The lowest BCUT2D eigenvalue weighted by molar-refractivity contribution is 0.0920. The number of fused-ring (bicyclic) bond motifs is 1. The van der Waals surface area contributed by atoms with Gasteiger partial charge in [-0.2, -0.15) is 0 Å². The summed E-state index contributed by atoms with van der Waals surface area (Å²) in [5, 5.41) is 10.2. The first-order valence-electron chi connectivity index (χ1n) is 4.62. The molecule has 1 nitrogen and oxygen atoms in total. The quantitative estimate of drug-likeness (QED) is 0.648. The van der Waals surface area contributed by atoms with Crippen LogP contribution in [0.4, 0.5) is 0 Å². The van der Waals surface area contributed by atoms with Crippen molar-refractivity contribution in [3.8, 4) is 0 Å². The summed E-state index contributed by atoms with van der Waals surface area (Å²) < 4.78 is 0. The van der Waals surface area contributed by atoms with Gasteiger partial charge >= 0.3 is 0 Å². The van der Waals surface area contributed by atoms with Gasteiger partial charge in [-0.25, -0.2) is 0 Å². The van der Waals surface area contributed by atoms with E-state index >= 15 is 0 Å². The molecule has 1 heteroatoms. The van der Waals surface area contributed by atoms with E-state index in [0.717, 1.165) is 18.4 Å². The van der Waals surface area contributed by atoms with Crippen LogP contribution < -0.4 is 0 Å². The molecular weight excluding hydrogens is 160 g/mol. The molecule has 1 aromatic rings. The molecule has 1 atom stereocenters. The van der Waals surface area contributed by atoms with Crippen molar-refractivity contribution >= 4 is 0 Å². The summed E-state index contributed by atoms with van der Waals surface area (Å²) in [6.45, 7) is 5.74. The van der Waals surface area contributed by atoms with Crippen LogP contribution in [-0.2, 0) is 12.0 Å². The fraction of sp³-hybridized carbons (Fsp3) is 0.333. The van der Waals surface area contributed by atoms with Crippen LogP contribution in [0.5, 0.6) is 0 Å². The lowest BCUT2D eigenvalue weighted by atomic mass is 9.95. The van der Waals surface area contributed by atoms with Crippen molar-refractivity contribution in [2.75, 3.05) is 0 Å². The van der Waals surface area contributed by atoms with Gasteiger partial charge in [0.15, 0.2) is 0 Å². The third-order valence-corrected chi connectivity index (χ3v) is 2.84. The molecule has 0 radical (unpaired) electrons. The maximum Gasteiger partial charge on any atom is 0.108 e. The Balaban J connectivity index is 2.58. The largest absolute Gasteiger partial charge is 0.381 e. The van der Waals surface area contributed by atoms with Crippen molar-refractivity contribution in [2.24, 2.45) is 0 Å². The third kappa shape index (κ3) is 1.20. The van der Waals surface area contributed by atoms with Crippen LogP contribution in [-0.4, -0.2) is 5.11 Å². The molecule has 0 aromatic heterocycles. The summed E-state index contributed by atoms with van der Waals surface area (Å²) in [5.74, 6) is 0. The maximum atomic E-state index is 10.2. The van der Waals surface area contributed by atoms with Crippen LogP contribution in [0.25, 0.3) is 0 Å². The Kier molecular flexibility index (Phi) is 1.77. The number of hydrogen-bond donors (Lipinski definition) is 1. The highest BCUT2D eigenvalue weighted by molar-refractivity contribution is 5.42. The molecule has 1 aliphatic carbocycles.